The summed E-state index contributed by atoms with van der Waals surface area (Å²) in [4.78, 5) is 17.9. The van der Waals surface area contributed by atoms with Crippen LogP contribution < -0.4 is 19.5 Å². The smallest absolute Gasteiger partial charge is 0.231 e. The third-order valence-corrected chi connectivity index (χ3v) is 10.5. The number of benzene rings is 3. The molecule has 2 bridgehead atoms. The van der Waals surface area contributed by atoms with Crippen molar-refractivity contribution in [3.63, 3.8) is 0 Å². The Hall–Kier alpha value is -4.26. The molecule has 1 unspecified atom stereocenters. The van der Waals surface area contributed by atoms with Crippen LogP contribution in [0.15, 0.2) is 36.4 Å². The Balaban J connectivity index is 1.33. The molecule has 4 heterocycles. The van der Waals surface area contributed by atoms with Crippen molar-refractivity contribution in [1.29, 1.82) is 5.26 Å². The van der Waals surface area contributed by atoms with Gasteiger partial charge < -0.3 is 24.6 Å². The van der Waals surface area contributed by atoms with Gasteiger partial charge >= 0.3 is 0 Å². The Labute approximate surface area is 264 Å². The maximum atomic E-state index is 13.3. The number of amides is 1. The second-order valence-electron chi connectivity index (χ2n) is 12.8. The number of likely N-dealkylation sites (N-methyl/N-ethyl adjacent to an activating group) is 1. The monoisotopic (exact) mass is 608 g/mol. The molecule has 234 valence electrons. The van der Waals surface area contributed by atoms with Crippen LogP contribution in [0.25, 0.3) is 0 Å². The highest BCUT2D eigenvalue weighted by Gasteiger charge is 2.56. The van der Waals surface area contributed by atoms with Crippen LogP contribution in [0.2, 0.25) is 0 Å². The van der Waals surface area contributed by atoms with Gasteiger partial charge in [-0.3, -0.25) is 14.6 Å². The second-order valence-corrected chi connectivity index (χ2v) is 12.8. The van der Waals surface area contributed by atoms with Gasteiger partial charge in [0.1, 0.15) is 17.5 Å². The van der Waals surface area contributed by atoms with Gasteiger partial charge in [0.2, 0.25) is 12.7 Å². The number of piperazine rings is 1. The lowest BCUT2D eigenvalue weighted by atomic mass is 9.71. The standard InChI is InChI=1S/C36H40N4O5/c1-19-13-23-14-25-27(16-37)40-26(32(39(25)4)30(23)20(2)34(19)43-5)15-24-31(36-35(44-18-45-36)21(3)33(24)42)28(40)17-38-29(41)12-11-22-9-7-6-8-10-22/h6-10,13,25-28,32,42H,11-12,14-15,17-18H2,1-5H3,(H,38,41)/t25-,26?,27+,28+,32+/m1/s1. The third kappa shape index (κ3) is 4.53. The zero-order valence-electron chi connectivity index (χ0n) is 26.5. The van der Waals surface area contributed by atoms with Crippen LogP contribution in [0.5, 0.6) is 23.0 Å². The molecule has 9 heteroatoms. The molecular formula is C36H40N4O5. The number of nitriles is 1. The van der Waals surface area contributed by atoms with E-state index in [0.717, 1.165) is 40.0 Å². The molecule has 0 radical (unpaired) electrons. The zero-order chi connectivity index (χ0) is 31.6. The number of phenolic OH excluding ortho intramolecular Hbond substituents is 1. The van der Waals surface area contributed by atoms with Crippen molar-refractivity contribution < 1.29 is 24.1 Å². The minimum Gasteiger partial charge on any atom is -0.507 e. The number of carbonyl (C=O) groups excluding carboxylic acids is 1. The average Bonchev–Trinajstić information content (AvgIpc) is 3.53. The number of nitrogens with zero attached hydrogens (tertiary/aromatic N) is 3. The summed E-state index contributed by atoms with van der Waals surface area (Å²) < 4.78 is 17.8. The summed E-state index contributed by atoms with van der Waals surface area (Å²) in [5.74, 6) is 2.17. The highest BCUT2D eigenvalue weighted by Crippen LogP contribution is 2.57. The van der Waals surface area contributed by atoms with Crippen molar-refractivity contribution in [3.8, 4) is 29.1 Å². The molecule has 3 aromatic rings. The summed E-state index contributed by atoms with van der Waals surface area (Å²) in [6.45, 7) is 6.39. The van der Waals surface area contributed by atoms with E-state index >= 15 is 0 Å². The molecule has 1 amide bonds. The first-order valence-corrected chi connectivity index (χ1v) is 15.8. The SMILES string of the molecule is COc1c(C)cc2c(c1C)[C@@H]1C3Cc4c(O)c(C)c5c(c4[C@H](CNC(=O)CCc4ccccc4)N3[C@@H](C#N)[C@@H](C2)N1C)OCO5. The van der Waals surface area contributed by atoms with Crippen molar-refractivity contribution in [2.75, 3.05) is 27.5 Å². The summed E-state index contributed by atoms with van der Waals surface area (Å²) in [6.07, 6.45) is 2.24. The van der Waals surface area contributed by atoms with Gasteiger partial charge in [-0.15, -0.1) is 0 Å². The van der Waals surface area contributed by atoms with E-state index in [0.29, 0.717) is 36.3 Å². The number of aromatic hydroxyl groups is 1. The van der Waals surface area contributed by atoms with Crippen LogP contribution in [0.4, 0.5) is 0 Å². The molecule has 1 fully saturated rings. The lowest BCUT2D eigenvalue weighted by Gasteiger charge is -2.60. The summed E-state index contributed by atoms with van der Waals surface area (Å²) in [5, 5.41) is 25.7. The second kappa shape index (κ2) is 11.3. The number of methoxy groups -OCH3 is 1. The Morgan fingerprint density at radius 3 is 2.58 bits per heavy atom. The quantitative estimate of drug-likeness (QED) is 0.419. The van der Waals surface area contributed by atoms with Crippen LogP contribution in [-0.2, 0) is 24.1 Å². The molecule has 0 spiro atoms. The first-order valence-electron chi connectivity index (χ1n) is 15.8. The third-order valence-electron chi connectivity index (χ3n) is 10.5. The average molecular weight is 609 g/mol. The summed E-state index contributed by atoms with van der Waals surface area (Å²) >= 11 is 0. The minimum absolute atomic E-state index is 0.0487. The highest BCUT2D eigenvalue weighted by atomic mass is 16.7. The van der Waals surface area contributed by atoms with E-state index in [-0.39, 0.29) is 43.1 Å². The number of phenols is 1. The fraction of sp³-hybridized carbons (Fsp3) is 0.444. The van der Waals surface area contributed by atoms with E-state index in [1.165, 1.54) is 11.1 Å². The molecule has 7 rings (SSSR count). The van der Waals surface area contributed by atoms with Gasteiger partial charge in [0.05, 0.1) is 25.3 Å². The number of nitrogens with one attached hydrogen (secondary N) is 1. The van der Waals surface area contributed by atoms with Crippen molar-refractivity contribution in [1.82, 2.24) is 15.1 Å². The molecule has 9 nitrogen and oxygen atoms in total. The maximum absolute atomic E-state index is 13.3. The van der Waals surface area contributed by atoms with Gasteiger partial charge in [-0.25, -0.2) is 0 Å². The number of carbonyl (C=O) groups is 1. The van der Waals surface area contributed by atoms with Gasteiger partial charge in [-0.2, -0.15) is 5.26 Å². The number of ether oxygens (including phenoxy) is 3. The number of hydrogen-bond acceptors (Lipinski definition) is 8. The Morgan fingerprint density at radius 1 is 1.09 bits per heavy atom. The Kier molecular flexibility index (Phi) is 7.38. The van der Waals surface area contributed by atoms with Gasteiger partial charge in [-0.05, 0) is 74.9 Å². The van der Waals surface area contributed by atoms with Crippen LogP contribution in [0.3, 0.4) is 0 Å². The van der Waals surface area contributed by atoms with E-state index in [2.05, 4.69) is 48.1 Å². The topological polar surface area (TPSA) is 107 Å². The van der Waals surface area contributed by atoms with Gasteiger partial charge in [-0.1, -0.05) is 36.4 Å². The normalized spacial score (nSPS) is 24.7. The molecule has 0 saturated carbocycles. The van der Waals surface area contributed by atoms with E-state index in [9.17, 15) is 15.2 Å². The lowest BCUT2D eigenvalue weighted by molar-refractivity contribution is -0.122. The fourth-order valence-electron chi connectivity index (χ4n) is 8.58. The largest absolute Gasteiger partial charge is 0.507 e. The fourth-order valence-corrected chi connectivity index (χ4v) is 8.58. The van der Waals surface area contributed by atoms with Crippen LogP contribution >= 0.6 is 0 Å². The molecule has 3 aromatic carbocycles. The number of fused-ring (bicyclic) bond motifs is 9. The summed E-state index contributed by atoms with van der Waals surface area (Å²) in [6, 6.07) is 13.8. The minimum atomic E-state index is -0.451. The molecule has 0 aliphatic carbocycles. The summed E-state index contributed by atoms with van der Waals surface area (Å²) in [5.41, 5.74) is 8.05. The van der Waals surface area contributed by atoms with Crippen molar-refractivity contribution in [2.45, 2.75) is 76.7 Å². The lowest BCUT2D eigenvalue weighted by Crippen LogP contribution is -2.68. The van der Waals surface area contributed by atoms with E-state index in [1.807, 2.05) is 37.3 Å². The first-order chi connectivity index (χ1) is 21.7. The molecule has 1 saturated heterocycles. The first kappa shape index (κ1) is 29.5. The van der Waals surface area contributed by atoms with E-state index in [1.54, 1.807) is 7.11 Å². The van der Waals surface area contributed by atoms with Gasteiger partial charge in [0, 0.05) is 41.7 Å². The molecule has 4 aliphatic rings. The van der Waals surface area contributed by atoms with Crippen LogP contribution in [-0.4, -0.2) is 66.4 Å². The number of rotatable bonds is 6. The Bertz CT molecular complexity index is 1720. The van der Waals surface area contributed by atoms with Gasteiger partial charge in [0.15, 0.2) is 11.5 Å². The van der Waals surface area contributed by atoms with Crippen LogP contribution in [0, 0.1) is 32.1 Å². The van der Waals surface area contributed by atoms with Crippen molar-refractivity contribution >= 4 is 5.91 Å². The maximum Gasteiger partial charge on any atom is 0.231 e. The van der Waals surface area contributed by atoms with Crippen LogP contribution in [0.1, 0.15) is 63.0 Å². The molecule has 45 heavy (non-hydrogen) atoms. The molecule has 4 aliphatic heterocycles. The highest BCUT2D eigenvalue weighted by molar-refractivity contribution is 5.76. The van der Waals surface area contributed by atoms with Crippen molar-refractivity contribution in [2.24, 2.45) is 0 Å². The van der Waals surface area contributed by atoms with E-state index in [4.69, 9.17) is 14.2 Å². The predicted octanol–water partition coefficient (Wildman–Crippen LogP) is 4.58. The number of hydrogen-bond donors (Lipinski definition) is 2. The molecule has 0 aromatic heterocycles. The number of aryl methyl sites for hydroxylation is 2. The van der Waals surface area contributed by atoms with Gasteiger partial charge in [0.25, 0.3) is 0 Å². The molecule has 5 atom stereocenters. The molecular weight excluding hydrogens is 568 g/mol. The summed E-state index contributed by atoms with van der Waals surface area (Å²) in [7, 11) is 3.83. The van der Waals surface area contributed by atoms with Crippen molar-refractivity contribution in [3.05, 3.63) is 80.9 Å². The molecule has 2 N–H and O–H groups in total. The zero-order valence-corrected chi connectivity index (χ0v) is 26.5. The Morgan fingerprint density at radius 2 is 1.84 bits per heavy atom. The van der Waals surface area contributed by atoms with E-state index < -0.39 is 12.1 Å². The predicted molar refractivity (Wildman–Crippen MR) is 169 cm³/mol.